The van der Waals surface area contributed by atoms with E-state index in [2.05, 4.69) is 0 Å². The van der Waals surface area contributed by atoms with E-state index in [9.17, 15) is 4.79 Å². The second-order valence-corrected chi connectivity index (χ2v) is 3.97. The summed E-state index contributed by atoms with van der Waals surface area (Å²) >= 11 is 4.76. The Kier molecular flexibility index (Phi) is 3.80. The standard InChI is InChI=1S/C11H14N2OS/c1-8-5-3-4-6-9(8)11(14)13(2)7-10(12)15/h3-6H,7H2,1-2H3,(H2,12,15). The van der Waals surface area contributed by atoms with E-state index in [4.69, 9.17) is 18.0 Å². The van der Waals surface area contributed by atoms with E-state index in [1.807, 2.05) is 25.1 Å². The van der Waals surface area contributed by atoms with Gasteiger partial charge in [0.2, 0.25) is 0 Å². The molecule has 2 N–H and O–H groups in total. The van der Waals surface area contributed by atoms with E-state index in [-0.39, 0.29) is 5.91 Å². The SMILES string of the molecule is Cc1ccccc1C(=O)N(C)CC(N)=S. The molecule has 1 amide bonds. The van der Waals surface area contributed by atoms with Crippen molar-refractivity contribution >= 4 is 23.1 Å². The Hall–Kier alpha value is -1.42. The number of hydrogen-bond donors (Lipinski definition) is 1. The van der Waals surface area contributed by atoms with Crippen molar-refractivity contribution in [2.24, 2.45) is 5.73 Å². The second kappa shape index (κ2) is 4.89. The van der Waals surface area contributed by atoms with Gasteiger partial charge in [0.05, 0.1) is 11.5 Å². The predicted molar refractivity (Wildman–Crippen MR) is 64.9 cm³/mol. The molecule has 15 heavy (non-hydrogen) atoms. The molecule has 0 aliphatic rings. The van der Waals surface area contributed by atoms with E-state index < -0.39 is 0 Å². The number of nitrogens with two attached hydrogens (primary N) is 1. The lowest BCUT2D eigenvalue weighted by atomic mass is 10.1. The third-order valence-electron chi connectivity index (χ3n) is 2.12. The van der Waals surface area contributed by atoms with Crippen LogP contribution >= 0.6 is 12.2 Å². The molecule has 1 aromatic rings. The average molecular weight is 222 g/mol. The fourth-order valence-electron chi connectivity index (χ4n) is 1.32. The van der Waals surface area contributed by atoms with Gasteiger partial charge in [0.25, 0.3) is 5.91 Å². The summed E-state index contributed by atoms with van der Waals surface area (Å²) in [7, 11) is 1.69. The molecule has 0 saturated heterocycles. The fraction of sp³-hybridized carbons (Fsp3) is 0.273. The number of carbonyl (C=O) groups is 1. The molecule has 0 heterocycles. The molecule has 0 fully saturated rings. The van der Waals surface area contributed by atoms with Crippen LogP contribution in [-0.2, 0) is 0 Å². The molecule has 0 unspecified atom stereocenters. The third kappa shape index (κ3) is 3.02. The molecule has 0 atom stereocenters. The largest absolute Gasteiger partial charge is 0.392 e. The van der Waals surface area contributed by atoms with Crippen LogP contribution in [0.1, 0.15) is 15.9 Å². The molecule has 1 aromatic carbocycles. The van der Waals surface area contributed by atoms with Crippen molar-refractivity contribution in [3.05, 3.63) is 35.4 Å². The Morgan fingerprint density at radius 2 is 2.07 bits per heavy atom. The number of aryl methyl sites for hydroxylation is 1. The van der Waals surface area contributed by atoms with Gasteiger partial charge in [-0.25, -0.2) is 0 Å². The summed E-state index contributed by atoms with van der Waals surface area (Å²) in [5, 5.41) is 0. The molecule has 0 saturated carbocycles. The van der Waals surface area contributed by atoms with E-state index in [1.165, 1.54) is 4.90 Å². The van der Waals surface area contributed by atoms with Gasteiger partial charge >= 0.3 is 0 Å². The molecule has 0 aliphatic heterocycles. The van der Waals surface area contributed by atoms with Crippen molar-refractivity contribution in [2.75, 3.05) is 13.6 Å². The van der Waals surface area contributed by atoms with Gasteiger partial charge < -0.3 is 10.6 Å². The number of hydrogen-bond acceptors (Lipinski definition) is 2. The maximum atomic E-state index is 11.9. The van der Waals surface area contributed by atoms with E-state index in [0.29, 0.717) is 17.1 Å². The van der Waals surface area contributed by atoms with Crippen LogP contribution < -0.4 is 5.73 Å². The minimum absolute atomic E-state index is 0.0547. The van der Waals surface area contributed by atoms with Crippen LogP contribution in [-0.4, -0.2) is 29.4 Å². The van der Waals surface area contributed by atoms with Crippen LogP contribution in [0, 0.1) is 6.92 Å². The van der Waals surface area contributed by atoms with Gasteiger partial charge in [0, 0.05) is 12.6 Å². The lowest BCUT2D eigenvalue weighted by Gasteiger charge is -2.17. The van der Waals surface area contributed by atoms with Gasteiger partial charge in [-0.2, -0.15) is 0 Å². The Bertz CT molecular complexity index is 390. The topological polar surface area (TPSA) is 46.3 Å². The Morgan fingerprint density at radius 1 is 1.47 bits per heavy atom. The van der Waals surface area contributed by atoms with E-state index >= 15 is 0 Å². The zero-order valence-electron chi connectivity index (χ0n) is 8.86. The molecule has 0 radical (unpaired) electrons. The molecule has 0 aromatic heterocycles. The van der Waals surface area contributed by atoms with Crippen molar-refractivity contribution in [3.8, 4) is 0 Å². The van der Waals surface area contributed by atoms with E-state index in [0.717, 1.165) is 5.56 Å². The number of carbonyl (C=O) groups excluding carboxylic acids is 1. The van der Waals surface area contributed by atoms with Crippen LogP contribution in [0.5, 0.6) is 0 Å². The summed E-state index contributed by atoms with van der Waals surface area (Å²) in [6.45, 7) is 2.21. The highest BCUT2D eigenvalue weighted by Gasteiger charge is 2.13. The summed E-state index contributed by atoms with van der Waals surface area (Å²) in [5.41, 5.74) is 7.03. The maximum Gasteiger partial charge on any atom is 0.254 e. The van der Waals surface area contributed by atoms with Gasteiger partial charge in [-0.15, -0.1) is 0 Å². The summed E-state index contributed by atoms with van der Waals surface area (Å²) < 4.78 is 0. The van der Waals surface area contributed by atoms with Crippen molar-refractivity contribution in [3.63, 3.8) is 0 Å². The smallest absolute Gasteiger partial charge is 0.254 e. The first-order valence-electron chi connectivity index (χ1n) is 4.61. The normalized spacial score (nSPS) is 9.73. The second-order valence-electron chi connectivity index (χ2n) is 3.44. The summed E-state index contributed by atoms with van der Waals surface area (Å²) in [6, 6.07) is 7.45. The lowest BCUT2D eigenvalue weighted by Crippen LogP contribution is -2.34. The minimum atomic E-state index is -0.0547. The van der Waals surface area contributed by atoms with E-state index in [1.54, 1.807) is 13.1 Å². The minimum Gasteiger partial charge on any atom is -0.392 e. The van der Waals surface area contributed by atoms with Crippen molar-refractivity contribution in [1.29, 1.82) is 0 Å². The molecule has 0 bridgehead atoms. The van der Waals surface area contributed by atoms with Gasteiger partial charge in [-0.3, -0.25) is 4.79 Å². The Morgan fingerprint density at radius 3 is 2.60 bits per heavy atom. The van der Waals surface area contributed by atoms with Gasteiger partial charge in [0.1, 0.15) is 0 Å². The van der Waals surface area contributed by atoms with Gasteiger partial charge in [0.15, 0.2) is 0 Å². The molecule has 3 nitrogen and oxygen atoms in total. The fourth-order valence-corrected chi connectivity index (χ4v) is 1.52. The average Bonchev–Trinajstić information content (AvgIpc) is 2.16. The van der Waals surface area contributed by atoms with Crippen LogP contribution in [0.3, 0.4) is 0 Å². The molecule has 0 aliphatic carbocycles. The van der Waals surface area contributed by atoms with Crippen LogP contribution in [0.15, 0.2) is 24.3 Å². The summed E-state index contributed by atoms with van der Waals surface area (Å²) in [4.78, 5) is 13.7. The van der Waals surface area contributed by atoms with Crippen molar-refractivity contribution in [1.82, 2.24) is 4.90 Å². The number of benzene rings is 1. The number of nitrogens with zero attached hydrogens (tertiary/aromatic N) is 1. The lowest BCUT2D eigenvalue weighted by molar-refractivity contribution is 0.0814. The first-order chi connectivity index (χ1) is 7.02. The molecule has 1 rings (SSSR count). The molecular weight excluding hydrogens is 208 g/mol. The quantitative estimate of drug-likeness (QED) is 0.785. The number of likely N-dealkylation sites (N-methyl/N-ethyl adjacent to an activating group) is 1. The first kappa shape index (κ1) is 11.7. The highest BCUT2D eigenvalue weighted by Crippen LogP contribution is 2.09. The van der Waals surface area contributed by atoms with Crippen LogP contribution in [0.25, 0.3) is 0 Å². The predicted octanol–water partition coefficient (Wildman–Crippen LogP) is 1.35. The Balaban J connectivity index is 2.85. The molecule has 80 valence electrons. The third-order valence-corrected chi connectivity index (χ3v) is 2.24. The molecule has 4 heteroatoms. The van der Waals surface area contributed by atoms with Crippen molar-refractivity contribution < 1.29 is 4.79 Å². The van der Waals surface area contributed by atoms with Gasteiger partial charge in [-0.05, 0) is 18.6 Å². The van der Waals surface area contributed by atoms with Gasteiger partial charge in [-0.1, -0.05) is 30.4 Å². The Labute approximate surface area is 94.9 Å². The maximum absolute atomic E-state index is 11.9. The molecule has 0 spiro atoms. The number of thiocarbonyl (C=S) groups is 1. The number of rotatable bonds is 3. The first-order valence-corrected chi connectivity index (χ1v) is 5.02. The monoisotopic (exact) mass is 222 g/mol. The zero-order chi connectivity index (χ0) is 11.4. The van der Waals surface area contributed by atoms with Crippen LogP contribution in [0.2, 0.25) is 0 Å². The molecular formula is C11H14N2OS. The summed E-state index contributed by atoms with van der Waals surface area (Å²) in [6.07, 6.45) is 0. The van der Waals surface area contributed by atoms with Crippen molar-refractivity contribution in [2.45, 2.75) is 6.92 Å². The zero-order valence-corrected chi connectivity index (χ0v) is 9.67. The summed E-state index contributed by atoms with van der Waals surface area (Å²) in [5.74, 6) is -0.0547. The number of amides is 1. The highest BCUT2D eigenvalue weighted by molar-refractivity contribution is 7.80. The highest BCUT2D eigenvalue weighted by atomic mass is 32.1. The van der Waals surface area contributed by atoms with Crippen LogP contribution in [0.4, 0.5) is 0 Å².